The first-order valence-electron chi connectivity index (χ1n) is 8.61. The maximum atomic E-state index is 12.1. The van der Waals surface area contributed by atoms with E-state index in [1.807, 2.05) is 39.0 Å². The van der Waals surface area contributed by atoms with Crippen LogP contribution in [0.25, 0.3) is 0 Å². The zero-order chi connectivity index (χ0) is 18.8. The molecule has 0 spiro atoms. The zero-order valence-corrected chi connectivity index (χ0v) is 18.1. The number of hydrogen-bond acceptors (Lipinski definition) is 4. The fourth-order valence-electron chi connectivity index (χ4n) is 2.44. The van der Waals surface area contributed by atoms with E-state index in [-0.39, 0.29) is 43.8 Å². The highest BCUT2D eigenvalue weighted by molar-refractivity contribution is 7.59. The maximum Gasteiger partial charge on any atom is 0.237 e. The maximum absolute atomic E-state index is 12.1. The van der Waals surface area contributed by atoms with E-state index in [9.17, 15) is 4.79 Å². The lowest BCUT2D eigenvalue weighted by Crippen LogP contribution is -2.46. The Labute approximate surface area is 175 Å². The van der Waals surface area contributed by atoms with Crippen molar-refractivity contribution in [1.29, 1.82) is 0 Å². The summed E-state index contributed by atoms with van der Waals surface area (Å²) in [6.45, 7) is 6.86. The van der Waals surface area contributed by atoms with Crippen molar-refractivity contribution < 1.29 is 9.53 Å². The fourth-order valence-corrected chi connectivity index (χ4v) is 2.44. The van der Waals surface area contributed by atoms with Crippen molar-refractivity contribution >= 4 is 37.8 Å². The summed E-state index contributed by atoms with van der Waals surface area (Å²) in [4.78, 5) is 16.0. The molecule has 1 rings (SSSR count). The molecule has 0 saturated heterocycles. The second-order valence-corrected chi connectivity index (χ2v) is 6.35. The van der Waals surface area contributed by atoms with E-state index in [1.165, 1.54) is 0 Å². The van der Waals surface area contributed by atoms with E-state index in [4.69, 9.17) is 21.9 Å². The molecule has 0 aromatic heterocycles. The third-order valence-electron chi connectivity index (χ3n) is 3.83. The molecule has 1 amide bonds. The number of aryl methyl sites for hydroxylation is 2. The van der Waals surface area contributed by atoms with E-state index in [0.29, 0.717) is 19.6 Å². The number of carbonyl (C=O) groups excluding carboxylic acids is 1. The zero-order valence-electron chi connectivity index (χ0n) is 16.3. The van der Waals surface area contributed by atoms with Crippen LogP contribution in [-0.4, -0.2) is 37.1 Å². The number of hydrogen-bond donors (Lipinski definition) is 4. The molecule has 7 N–H and O–H groups in total. The number of rotatable bonds is 10. The van der Waals surface area contributed by atoms with Gasteiger partial charge in [0.15, 0.2) is 5.96 Å². The molecule has 9 heteroatoms. The van der Waals surface area contributed by atoms with Crippen LogP contribution in [-0.2, 0) is 4.79 Å². The molecule has 0 radical (unpaired) electrons. The summed E-state index contributed by atoms with van der Waals surface area (Å²) in [5, 5.41) is 2.89. The number of nitrogens with two attached hydrogens (primary N) is 3. The van der Waals surface area contributed by atoms with Crippen LogP contribution in [0.4, 0.5) is 0 Å². The smallest absolute Gasteiger partial charge is 0.237 e. The van der Waals surface area contributed by atoms with Crippen molar-refractivity contribution in [2.24, 2.45) is 22.2 Å². The van der Waals surface area contributed by atoms with Gasteiger partial charge in [-0.3, -0.25) is 9.79 Å². The first kappa shape index (κ1) is 27.6. The van der Waals surface area contributed by atoms with E-state index in [0.717, 1.165) is 29.7 Å². The number of benzene rings is 1. The number of ether oxygens (including phenoxy) is 1. The largest absolute Gasteiger partial charge is 0.491 e. The van der Waals surface area contributed by atoms with Crippen LogP contribution in [0.15, 0.2) is 23.2 Å². The summed E-state index contributed by atoms with van der Waals surface area (Å²) in [5.41, 5.74) is 18.6. The molecular formula is C18H34ClN5O2S. The van der Waals surface area contributed by atoms with E-state index < -0.39 is 6.04 Å². The number of amides is 1. The van der Waals surface area contributed by atoms with Gasteiger partial charge < -0.3 is 27.3 Å². The van der Waals surface area contributed by atoms with Crippen LogP contribution >= 0.6 is 25.9 Å². The number of halogens is 1. The molecule has 7 nitrogen and oxygen atoms in total. The fraction of sp³-hybridized carbons (Fsp3) is 0.556. The van der Waals surface area contributed by atoms with Gasteiger partial charge >= 0.3 is 0 Å². The first-order valence-corrected chi connectivity index (χ1v) is 8.61. The van der Waals surface area contributed by atoms with Crippen molar-refractivity contribution in [3.63, 3.8) is 0 Å². The Balaban J connectivity index is 0. The minimum atomic E-state index is -0.540. The highest BCUT2D eigenvalue weighted by Crippen LogP contribution is 2.22. The predicted molar refractivity (Wildman–Crippen MR) is 119 cm³/mol. The lowest BCUT2D eigenvalue weighted by Gasteiger charge is -2.19. The van der Waals surface area contributed by atoms with Crippen LogP contribution in [0.5, 0.6) is 5.75 Å². The molecule has 0 bridgehead atoms. The van der Waals surface area contributed by atoms with Crippen molar-refractivity contribution in [3.8, 4) is 5.75 Å². The van der Waals surface area contributed by atoms with Crippen molar-refractivity contribution in [1.82, 2.24) is 5.32 Å². The molecule has 27 heavy (non-hydrogen) atoms. The van der Waals surface area contributed by atoms with Crippen LogP contribution in [0.1, 0.15) is 37.3 Å². The Morgan fingerprint density at radius 1 is 1.22 bits per heavy atom. The van der Waals surface area contributed by atoms with Crippen LogP contribution in [0.2, 0.25) is 0 Å². The minimum absolute atomic E-state index is 0. The topological polar surface area (TPSA) is 129 Å². The molecule has 0 aliphatic heterocycles. The molecule has 0 aliphatic rings. The number of para-hydroxylation sites is 1. The van der Waals surface area contributed by atoms with Gasteiger partial charge in [0.25, 0.3) is 0 Å². The summed E-state index contributed by atoms with van der Waals surface area (Å²) in [5.74, 6) is 0.784. The van der Waals surface area contributed by atoms with Crippen molar-refractivity contribution in [2.45, 2.75) is 52.1 Å². The summed E-state index contributed by atoms with van der Waals surface area (Å²) in [6.07, 6.45) is 2.18. The van der Waals surface area contributed by atoms with Gasteiger partial charge in [-0.15, -0.1) is 12.4 Å². The molecule has 0 aliphatic carbocycles. The van der Waals surface area contributed by atoms with E-state index >= 15 is 0 Å². The van der Waals surface area contributed by atoms with Gasteiger partial charge in [-0.1, -0.05) is 18.2 Å². The molecule has 156 valence electrons. The highest BCUT2D eigenvalue weighted by atomic mass is 35.5. The number of unbranched alkanes of at least 4 members (excludes halogenated alkanes) is 1. The van der Waals surface area contributed by atoms with Gasteiger partial charge in [0.05, 0.1) is 12.1 Å². The molecule has 2 atom stereocenters. The van der Waals surface area contributed by atoms with E-state index in [2.05, 4.69) is 10.3 Å². The number of carbonyl (C=O) groups is 1. The Morgan fingerprint density at radius 2 is 1.81 bits per heavy atom. The third-order valence-corrected chi connectivity index (χ3v) is 3.83. The van der Waals surface area contributed by atoms with Gasteiger partial charge in [-0.2, -0.15) is 13.5 Å². The lowest BCUT2D eigenvalue weighted by molar-refractivity contribution is -0.123. The Kier molecular flexibility index (Phi) is 14.7. The van der Waals surface area contributed by atoms with Crippen LogP contribution in [0, 0.1) is 13.8 Å². The van der Waals surface area contributed by atoms with Gasteiger partial charge in [-0.25, -0.2) is 0 Å². The summed E-state index contributed by atoms with van der Waals surface area (Å²) in [6, 6.07) is 5.34. The van der Waals surface area contributed by atoms with Crippen molar-refractivity contribution in [2.75, 3.05) is 13.2 Å². The SMILES string of the molecule is Cc1cccc(C)c1OCC(C)NC(=O)[C@@H](N)CCCCN=C(N)N.Cl.S. The lowest BCUT2D eigenvalue weighted by atomic mass is 10.1. The molecule has 1 aromatic rings. The average molecular weight is 420 g/mol. The van der Waals surface area contributed by atoms with Gasteiger partial charge in [0, 0.05) is 6.54 Å². The van der Waals surface area contributed by atoms with Crippen LogP contribution in [0.3, 0.4) is 0 Å². The number of nitrogens with zero attached hydrogens (tertiary/aromatic N) is 1. The molecule has 0 saturated carbocycles. The highest BCUT2D eigenvalue weighted by Gasteiger charge is 2.16. The molecular weight excluding hydrogens is 386 g/mol. The number of nitrogens with one attached hydrogen (secondary N) is 1. The van der Waals surface area contributed by atoms with Crippen molar-refractivity contribution in [3.05, 3.63) is 29.3 Å². The first-order chi connectivity index (χ1) is 11.8. The number of aliphatic imine (C=N–C) groups is 1. The Hall–Kier alpha value is -1.64. The second-order valence-electron chi connectivity index (χ2n) is 6.35. The molecule has 1 aromatic carbocycles. The van der Waals surface area contributed by atoms with Gasteiger partial charge in [-0.05, 0) is 51.2 Å². The monoisotopic (exact) mass is 419 g/mol. The minimum Gasteiger partial charge on any atom is -0.491 e. The molecule has 0 heterocycles. The summed E-state index contributed by atoms with van der Waals surface area (Å²) >= 11 is 0. The number of guanidine groups is 1. The summed E-state index contributed by atoms with van der Waals surface area (Å²) in [7, 11) is 0. The Bertz CT molecular complexity index is 577. The van der Waals surface area contributed by atoms with E-state index in [1.54, 1.807) is 0 Å². The standard InChI is InChI=1S/C18H31N5O2.ClH.H2S/c1-12-7-6-8-13(2)16(12)25-11-14(3)23-17(24)15(19)9-4-5-10-22-18(20)21;;/h6-8,14-15H,4-5,9-11,19H2,1-3H3,(H,23,24)(H4,20,21,22);1H;1H2/t14?,15-;;/m0../s1. The second kappa shape index (κ2) is 14.4. The van der Waals surface area contributed by atoms with Gasteiger partial charge in [0.1, 0.15) is 12.4 Å². The molecule has 0 fully saturated rings. The quantitative estimate of drug-likeness (QED) is 0.259. The van der Waals surface area contributed by atoms with Gasteiger partial charge in [0.2, 0.25) is 5.91 Å². The van der Waals surface area contributed by atoms with Crippen LogP contribution < -0.4 is 27.3 Å². The third kappa shape index (κ3) is 10.9. The molecule has 1 unspecified atom stereocenters. The Morgan fingerprint density at radius 3 is 2.37 bits per heavy atom. The summed E-state index contributed by atoms with van der Waals surface area (Å²) < 4.78 is 5.85. The predicted octanol–water partition coefficient (Wildman–Crippen LogP) is 1.49. The average Bonchev–Trinajstić information content (AvgIpc) is 2.53. The normalized spacial score (nSPS) is 12.0.